The molecule has 0 aromatic heterocycles. The highest BCUT2D eigenvalue weighted by molar-refractivity contribution is 6.31. The monoisotopic (exact) mass is 195 g/mol. The lowest BCUT2D eigenvalue weighted by atomic mass is 10.2. The van der Waals surface area contributed by atoms with Crippen LogP contribution in [0.2, 0.25) is 5.02 Å². The van der Waals surface area contributed by atoms with Crippen LogP contribution in [0.3, 0.4) is 0 Å². The minimum absolute atomic E-state index is 0.336. The first-order valence-corrected chi connectivity index (χ1v) is 4.18. The summed E-state index contributed by atoms with van der Waals surface area (Å²) in [5, 5.41) is 0.584. The Morgan fingerprint density at radius 1 is 1.54 bits per heavy atom. The molecule has 13 heavy (non-hydrogen) atoms. The van der Waals surface area contributed by atoms with Gasteiger partial charge in [-0.05, 0) is 18.2 Å². The summed E-state index contributed by atoms with van der Waals surface area (Å²) in [6, 6.07) is 5.35. The summed E-state index contributed by atoms with van der Waals surface area (Å²) >= 11 is 5.92. The molecule has 1 aromatic carbocycles. The topological polar surface area (TPSA) is 35.2 Å². The van der Waals surface area contributed by atoms with Gasteiger partial charge in [-0.15, -0.1) is 0 Å². The number of methoxy groups -OCH3 is 1. The molecule has 1 aromatic rings. The number of benzene rings is 1. The molecule has 1 rings (SSSR count). The third kappa shape index (κ3) is 2.66. The van der Waals surface area contributed by atoms with Crippen LogP contribution in [0.15, 0.2) is 18.2 Å². The van der Waals surface area contributed by atoms with Crippen molar-refractivity contribution in [2.45, 2.75) is 0 Å². The highest BCUT2D eigenvalue weighted by atomic mass is 35.5. The molecule has 0 spiro atoms. The van der Waals surface area contributed by atoms with Crippen LogP contribution in [0, 0.1) is 11.8 Å². The predicted octanol–water partition coefficient (Wildman–Crippen LogP) is 1.66. The maximum absolute atomic E-state index is 5.92. The van der Waals surface area contributed by atoms with Gasteiger partial charge in [0, 0.05) is 5.56 Å². The number of hydrogen-bond acceptors (Lipinski definition) is 2. The molecule has 0 bridgehead atoms. The zero-order chi connectivity index (χ0) is 9.68. The number of ether oxygens (including phenoxy) is 1. The minimum atomic E-state index is 0.336. The van der Waals surface area contributed by atoms with E-state index >= 15 is 0 Å². The molecule has 0 unspecified atom stereocenters. The van der Waals surface area contributed by atoms with Crippen molar-refractivity contribution < 1.29 is 4.74 Å². The van der Waals surface area contributed by atoms with Gasteiger partial charge in [-0.1, -0.05) is 23.4 Å². The summed E-state index contributed by atoms with van der Waals surface area (Å²) in [6.45, 7) is 0.336. The summed E-state index contributed by atoms with van der Waals surface area (Å²) in [5.41, 5.74) is 6.01. The quantitative estimate of drug-likeness (QED) is 0.692. The molecule has 0 aliphatic rings. The van der Waals surface area contributed by atoms with Gasteiger partial charge in [-0.2, -0.15) is 0 Å². The summed E-state index contributed by atoms with van der Waals surface area (Å²) in [4.78, 5) is 0. The second-order valence-corrected chi connectivity index (χ2v) is 2.76. The minimum Gasteiger partial charge on any atom is -0.497 e. The van der Waals surface area contributed by atoms with Crippen molar-refractivity contribution in [2.75, 3.05) is 13.7 Å². The van der Waals surface area contributed by atoms with Crippen molar-refractivity contribution >= 4 is 11.6 Å². The number of halogens is 1. The normalized spacial score (nSPS) is 8.85. The maximum Gasteiger partial charge on any atom is 0.120 e. The number of rotatable bonds is 1. The zero-order valence-corrected chi connectivity index (χ0v) is 8.06. The van der Waals surface area contributed by atoms with E-state index in [0.717, 1.165) is 11.3 Å². The van der Waals surface area contributed by atoms with E-state index in [1.807, 2.05) is 12.1 Å². The first kappa shape index (κ1) is 9.91. The Hall–Kier alpha value is -1.17. The van der Waals surface area contributed by atoms with Gasteiger partial charge in [0.1, 0.15) is 5.75 Å². The second kappa shape index (κ2) is 4.76. The Balaban J connectivity index is 2.98. The van der Waals surface area contributed by atoms with Gasteiger partial charge >= 0.3 is 0 Å². The molecule has 0 saturated heterocycles. The van der Waals surface area contributed by atoms with E-state index in [9.17, 15) is 0 Å². The van der Waals surface area contributed by atoms with Gasteiger partial charge in [0.25, 0.3) is 0 Å². The molecule has 0 amide bonds. The Labute approximate surface area is 82.6 Å². The van der Waals surface area contributed by atoms with Crippen LogP contribution in [0.25, 0.3) is 0 Å². The molecular formula is C10H10ClNO. The first-order valence-electron chi connectivity index (χ1n) is 3.80. The average molecular weight is 196 g/mol. The lowest BCUT2D eigenvalue weighted by Gasteiger charge is -2.00. The van der Waals surface area contributed by atoms with Crippen LogP contribution in [0.5, 0.6) is 5.75 Å². The van der Waals surface area contributed by atoms with Crippen molar-refractivity contribution in [3.05, 3.63) is 28.8 Å². The Morgan fingerprint density at radius 2 is 2.31 bits per heavy atom. The van der Waals surface area contributed by atoms with E-state index in [1.54, 1.807) is 13.2 Å². The molecular weight excluding hydrogens is 186 g/mol. The van der Waals surface area contributed by atoms with Crippen LogP contribution in [-0.4, -0.2) is 13.7 Å². The van der Waals surface area contributed by atoms with Gasteiger partial charge in [0.05, 0.1) is 18.7 Å². The third-order valence-corrected chi connectivity index (χ3v) is 1.81. The molecule has 2 N–H and O–H groups in total. The van der Waals surface area contributed by atoms with E-state index in [4.69, 9.17) is 22.1 Å². The molecule has 3 heteroatoms. The Bertz CT molecular complexity index is 352. The van der Waals surface area contributed by atoms with E-state index in [0.29, 0.717) is 11.6 Å². The molecule has 0 heterocycles. The Kier molecular flexibility index (Phi) is 3.63. The predicted molar refractivity (Wildman–Crippen MR) is 53.9 cm³/mol. The van der Waals surface area contributed by atoms with Crippen molar-refractivity contribution in [3.8, 4) is 17.6 Å². The number of nitrogens with two attached hydrogens (primary N) is 1. The second-order valence-electron chi connectivity index (χ2n) is 2.35. The van der Waals surface area contributed by atoms with E-state index in [-0.39, 0.29) is 0 Å². The first-order chi connectivity index (χ1) is 6.27. The van der Waals surface area contributed by atoms with Crippen LogP contribution in [-0.2, 0) is 0 Å². The largest absolute Gasteiger partial charge is 0.497 e. The molecule has 0 atom stereocenters. The van der Waals surface area contributed by atoms with Crippen LogP contribution in [0.4, 0.5) is 0 Å². The highest BCUT2D eigenvalue weighted by Gasteiger charge is 1.98. The lowest BCUT2D eigenvalue weighted by molar-refractivity contribution is 0.415. The fourth-order valence-electron chi connectivity index (χ4n) is 0.870. The average Bonchev–Trinajstić information content (AvgIpc) is 2.16. The van der Waals surface area contributed by atoms with E-state index in [2.05, 4.69) is 11.8 Å². The van der Waals surface area contributed by atoms with Gasteiger partial charge in [0.15, 0.2) is 0 Å². The molecule has 0 aliphatic heterocycles. The SMILES string of the molecule is COc1ccc(C#CCN)c(Cl)c1. The molecule has 0 radical (unpaired) electrons. The van der Waals surface area contributed by atoms with Crippen molar-refractivity contribution in [3.63, 3.8) is 0 Å². The van der Waals surface area contributed by atoms with Gasteiger partial charge in [0.2, 0.25) is 0 Å². The maximum atomic E-state index is 5.92. The summed E-state index contributed by atoms with van der Waals surface area (Å²) < 4.78 is 5.00. The molecule has 0 saturated carbocycles. The smallest absolute Gasteiger partial charge is 0.120 e. The van der Waals surface area contributed by atoms with Crippen LogP contribution >= 0.6 is 11.6 Å². The van der Waals surface area contributed by atoms with Crippen molar-refractivity contribution in [1.29, 1.82) is 0 Å². The van der Waals surface area contributed by atoms with Gasteiger partial charge in [-0.25, -0.2) is 0 Å². The highest BCUT2D eigenvalue weighted by Crippen LogP contribution is 2.21. The molecule has 68 valence electrons. The van der Waals surface area contributed by atoms with E-state index < -0.39 is 0 Å². The van der Waals surface area contributed by atoms with Crippen molar-refractivity contribution in [1.82, 2.24) is 0 Å². The fourth-order valence-corrected chi connectivity index (χ4v) is 1.09. The molecule has 0 fully saturated rings. The molecule has 2 nitrogen and oxygen atoms in total. The van der Waals surface area contributed by atoms with Crippen molar-refractivity contribution in [2.24, 2.45) is 5.73 Å². The van der Waals surface area contributed by atoms with Gasteiger partial charge in [-0.3, -0.25) is 0 Å². The lowest BCUT2D eigenvalue weighted by Crippen LogP contribution is -1.93. The molecule has 0 aliphatic carbocycles. The number of hydrogen-bond donors (Lipinski definition) is 1. The fraction of sp³-hybridized carbons (Fsp3) is 0.200. The summed E-state index contributed by atoms with van der Waals surface area (Å²) in [5.74, 6) is 6.32. The Morgan fingerprint density at radius 3 is 2.85 bits per heavy atom. The summed E-state index contributed by atoms with van der Waals surface area (Å²) in [6.07, 6.45) is 0. The van der Waals surface area contributed by atoms with E-state index in [1.165, 1.54) is 0 Å². The zero-order valence-electron chi connectivity index (χ0n) is 7.30. The van der Waals surface area contributed by atoms with Gasteiger partial charge < -0.3 is 10.5 Å². The third-order valence-electron chi connectivity index (χ3n) is 1.50. The van der Waals surface area contributed by atoms with Crippen LogP contribution < -0.4 is 10.5 Å². The standard InChI is InChI=1S/C10H10ClNO/c1-13-9-5-4-8(3-2-6-12)10(11)7-9/h4-5,7H,6,12H2,1H3. The summed E-state index contributed by atoms with van der Waals surface area (Å²) in [7, 11) is 1.59. The van der Waals surface area contributed by atoms with Crippen LogP contribution in [0.1, 0.15) is 5.56 Å².